The molecule has 0 bridgehead atoms. The summed E-state index contributed by atoms with van der Waals surface area (Å²) in [5.74, 6) is 0.709. The van der Waals surface area contributed by atoms with Crippen LogP contribution in [0.5, 0.6) is 0 Å². The summed E-state index contributed by atoms with van der Waals surface area (Å²) in [4.78, 5) is 0.353. The normalized spacial score (nSPS) is 19.4. The maximum atomic E-state index is 6.18. The molecule has 1 unspecified atom stereocenters. The van der Waals surface area contributed by atoms with E-state index in [9.17, 15) is 0 Å². The van der Waals surface area contributed by atoms with Gasteiger partial charge in [-0.25, -0.2) is 0 Å². The molecular weight excluding hydrogens is 295 g/mol. The summed E-state index contributed by atoms with van der Waals surface area (Å²) in [6.45, 7) is 0. The van der Waals surface area contributed by atoms with Crippen molar-refractivity contribution in [1.82, 2.24) is 0 Å². The summed E-state index contributed by atoms with van der Waals surface area (Å²) >= 11 is 15.9. The van der Waals surface area contributed by atoms with E-state index in [1.807, 2.05) is 18.2 Å². The molecule has 3 heteroatoms. The van der Waals surface area contributed by atoms with Gasteiger partial charge in [0.25, 0.3) is 0 Å². The molecule has 1 aromatic rings. The third kappa shape index (κ3) is 2.69. The fourth-order valence-electron chi connectivity index (χ4n) is 2.23. The maximum absolute atomic E-state index is 6.18. The van der Waals surface area contributed by atoms with Gasteiger partial charge in [-0.15, -0.1) is 0 Å². The zero-order valence-corrected chi connectivity index (χ0v) is 11.4. The lowest BCUT2D eigenvalue weighted by Gasteiger charge is -2.18. The molecule has 1 saturated carbocycles. The first-order valence-electron chi connectivity index (χ1n) is 5.27. The van der Waals surface area contributed by atoms with Gasteiger partial charge in [0, 0.05) is 14.9 Å². The average molecular weight is 308 g/mol. The van der Waals surface area contributed by atoms with Crippen molar-refractivity contribution >= 4 is 39.1 Å². The second kappa shape index (κ2) is 5.07. The Morgan fingerprint density at radius 2 is 1.87 bits per heavy atom. The Morgan fingerprint density at radius 1 is 1.20 bits per heavy atom. The Hall–Kier alpha value is 0.280. The molecule has 0 nitrogen and oxygen atoms in total. The number of halogens is 3. The van der Waals surface area contributed by atoms with Gasteiger partial charge < -0.3 is 0 Å². The van der Waals surface area contributed by atoms with Crippen molar-refractivity contribution < 1.29 is 0 Å². The SMILES string of the molecule is Clc1ccc(Cl)c(C(Br)C2CCCC2)c1. The van der Waals surface area contributed by atoms with Gasteiger partial charge in [-0.05, 0) is 42.5 Å². The first-order chi connectivity index (χ1) is 7.18. The second-order valence-electron chi connectivity index (χ2n) is 4.11. The molecule has 0 amide bonds. The van der Waals surface area contributed by atoms with Crippen molar-refractivity contribution in [3.05, 3.63) is 33.8 Å². The van der Waals surface area contributed by atoms with E-state index in [1.165, 1.54) is 25.7 Å². The van der Waals surface area contributed by atoms with Crippen LogP contribution in [0.1, 0.15) is 36.1 Å². The highest BCUT2D eigenvalue weighted by molar-refractivity contribution is 9.09. The summed E-state index contributed by atoms with van der Waals surface area (Å²) in [5.41, 5.74) is 1.14. The molecule has 0 radical (unpaired) electrons. The minimum atomic E-state index is 0.353. The van der Waals surface area contributed by atoms with Crippen molar-refractivity contribution in [3.63, 3.8) is 0 Å². The van der Waals surface area contributed by atoms with Crippen LogP contribution >= 0.6 is 39.1 Å². The number of alkyl halides is 1. The Balaban J connectivity index is 2.23. The minimum Gasteiger partial charge on any atom is -0.0843 e. The van der Waals surface area contributed by atoms with E-state index in [0.29, 0.717) is 10.7 Å². The number of rotatable bonds is 2. The van der Waals surface area contributed by atoms with E-state index in [0.717, 1.165) is 15.6 Å². The largest absolute Gasteiger partial charge is 0.0843 e. The van der Waals surface area contributed by atoms with Crippen LogP contribution in [0.4, 0.5) is 0 Å². The molecule has 0 aliphatic heterocycles. The van der Waals surface area contributed by atoms with Crippen LogP contribution in [0.3, 0.4) is 0 Å². The lowest BCUT2D eigenvalue weighted by atomic mass is 9.98. The summed E-state index contributed by atoms with van der Waals surface area (Å²) in [6.07, 6.45) is 5.26. The Kier molecular flexibility index (Phi) is 3.98. The fraction of sp³-hybridized carbons (Fsp3) is 0.500. The van der Waals surface area contributed by atoms with Gasteiger partial charge in [-0.2, -0.15) is 0 Å². The topological polar surface area (TPSA) is 0 Å². The molecule has 1 aromatic carbocycles. The summed E-state index contributed by atoms with van der Waals surface area (Å²) in [6, 6.07) is 5.69. The molecule has 0 N–H and O–H groups in total. The predicted octanol–water partition coefficient (Wildman–Crippen LogP) is 5.62. The van der Waals surface area contributed by atoms with E-state index in [2.05, 4.69) is 15.9 Å². The van der Waals surface area contributed by atoms with Crippen LogP contribution in [0.2, 0.25) is 10.0 Å². The summed E-state index contributed by atoms with van der Waals surface area (Å²) in [5, 5.41) is 1.57. The fourth-order valence-corrected chi connectivity index (χ4v) is 3.68. The van der Waals surface area contributed by atoms with Gasteiger partial charge in [-0.3, -0.25) is 0 Å². The van der Waals surface area contributed by atoms with Crippen molar-refractivity contribution in [2.24, 2.45) is 5.92 Å². The van der Waals surface area contributed by atoms with Crippen molar-refractivity contribution in [1.29, 1.82) is 0 Å². The molecule has 1 aliphatic rings. The third-order valence-corrected chi connectivity index (χ3v) is 4.89. The van der Waals surface area contributed by atoms with Crippen LogP contribution in [0, 0.1) is 5.92 Å². The predicted molar refractivity (Wildman–Crippen MR) is 70.1 cm³/mol. The van der Waals surface area contributed by atoms with E-state index >= 15 is 0 Å². The molecule has 1 atom stereocenters. The smallest absolute Gasteiger partial charge is 0.0450 e. The Labute approximate surface area is 109 Å². The van der Waals surface area contributed by atoms with Crippen molar-refractivity contribution in [3.8, 4) is 0 Å². The molecule has 2 rings (SSSR count). The molecule has 1 aliphatic carbocycles. The van der Waals surface area contributed by atoms with Gasteiger partial charge in [0.05, 0.1) is 0 Å². The highest BCUT2D eigenvalue weighted by atomic mass is 79.9. The van der Waals surface area contributed by atoms with Gasteiger partial charge in [-0.1, -0.05) is 52.0 Å². The molecule has 0 spiro atoms. The monoisotopic (exact) mass is 306 g/mol. The van der Waals surface area contributed by atoms with Crippen LogP contribution in [-0.2, 0) is 0 Å². The molecule has 0 aromatic heterocycles. The molecular formula is C12H13BrCl2. The van der Waals surface area contributed by atoms with E-state index in [1.54, 1.807) is 0 Å². The molecule has 1 fully saturated rings. The average Bonchev–Trinajstić information content (AvgIpc) is 2.74. The molecule has 0 heterocycles. The summed E-state index contributed by atoms with van der Waals surface area (Å²) in [7, 11) is 0. The van der Waals surface area contributed by atoms with E-state index < -0.39 is 0 Å². The highest BCUT2D eigenvalue weighted by Crippen LogP contribution is 2.43. The molecule has 0 saturated heterocycles. The number of benzene rings is 1. The molecule has 15 heavy (non-hydrogen) atoms. The van der Waals surface area contributed by atoms with Crippen LogP contribution < -0.4 is 0 Å². The summed E-state index contributed by atoms with van der Waals surface area (Å²) < 4.78 is 0. The number of hydrogen-bond acceptors (Lipinski definition) is 0. The zero-order valence-electron chi connectivity index (χ0n) is 8.35. The van der Waals surface area contributed by atoms with Crippen LogP contribution in [0.15, 0.2) is 18.2 Å². The van der Waals surface area contributed by atoms with Gasteiger partial charge in [0.15, 0.2) is 0 Å². The van der Waals surface area contributed by atoms with Crippen LogP contribution in [0.25, 0.3) is 0 Å². The highest BCUT2D eigenvalue weighted by Gasteiger charge is 2.25. The third-order valence-electron chi connectivity index (χ3n) is 3.07. The standard InChI is InChI=1S/C12H13BrCl2/c13-12(8-3-1-2-4-8)10-7-9(14)5-6-11(10)15/h5-8,12H,1-4H2. The zero-order chi connectivity index (χ0) is 10.8. The minimum absolute atomic E-state index is 0.353. The first kappa shape index (κ1) is 11.8. The van der Waals surface area contributed by atoms with Crippen LogP contribution in [-0.4, -0.2) is 0 Å². The van der Waals surface area contributed by atoms with Crippen molar-refractivity contribution in [2.45, 2.75) is 30.5 Å². The van der Waals surface area contributed by atoms with Crippen molar-refractivity contribution in [2.75, 3.05) is 0 Å². The van der Waals surface area contributed by atoms with E-state index in [4.69, 9.17) is 23.2 Å². The maximum Gasteiger partial charge on any atom is 0.0450 e. The lowest BCUT2D eigenvalue weighted by molar-refractivity contribution is 0.542. The van der Waals surface area contributed by atoms with Gasteiger partial charge in [0.1, 0.15) is 0 Å². The van der Waals surface area contributed by atoms with Gasteiger partial charge in [0.2, 0.25) is 0 Å². The quantitative estimate of drug-likeness (QED) is 0.622. The van der Waals surface area contributed by atoms with Gasteiger partial charge >= 0.3 is 0 Å². The Bertz CT molecular complexity index is 345. The lowest BCUT2D eigenvalue weighted by Crippen LogP contribution is -2.03. The Morgan fingerprint density at radius 3 is 2.53 bits per heavy atom. The first-order valence-corrected chi connectivity index (χ1v) is 6.94. The molecule has 82 valence electrons. The van der Waals surface area contributed by atoms with E-state index in [-0.39, 0.29) is 0 Å². The number of hydrogen-bond donors (Lipinski definition) is 0. The second-order valence-corrected chi connectivity index (χ2v) is 5.94.